The van der Waals surface area contributed by atoms with Crippen molar-refractivity contribution in [3.63, 3.8) is 0 Å². The van der Waals surface area contributed by atoms with Gasteiger partial charge in [-0.15, -0.1) is 0 Å². The topological polar surface area (TPSA) is 62.5 Å². The van der Waals surface area contributed by atoms with Crippen LogP contribution in [0.4, 0.5) is 4.39 Å². The molecule has 6 heteroatoms. The highest BCUT2D eigenvalue weighted by atomic mass is 79.9. The lowest BCUT2D eigenvalue weighted by Gasteiger charge is -2.10. The first kappa shape index (κ1) is 13.6. The molecule has 3 rings (SSSR count). The highest BCUT2D eigenvalue weighted by Gasteiger charge is 2.11. The molecule has 2 N–H and O–H groups in total. The number of fused-ring (bicyclic) bond motifs is 1. The Kier molecular flexibility index (Phi) is 3.17. The van der Waals surface area contributed by atoms with Gasteiger partial charge in [-0.2, -0.15) is 0 Å². The van der Waals surface area contributed by atoms with E-state index in [1.807, 2.05) is 0 Å². The third-order valence-electron chi connectivity index (χ3n) is 3.16. The van der Waals surface area contributed by atoms with Gasteiger partial charge in [0.2, 0.25) is 0 Å². The molecule has 0 aliphatic rings. The molecule has 1 aromatic heterocycles. The van der Waals surface area contributed by atoms with Crippen LogP contribution in [0.25, 0.3) is 16.5 Å². The normalized spacial score (nSPS) is 11.0. The fraction of sp³-hybridized carbons (Fsp3) is 0. The lowest BCUT2D eigenvalue weighted by atomic mass is 10.1. The third kappa shape index (κ3) is 2.27. The van der Waals surface area contributed by atoms with Gasteiger partial charge in [0.1, 0.15) is 5.75 Å². The summed E-state index contributed by atoms with van der Waals surface area (Å²) < 4.78 is 15.3. The van der Waals surface area contributed by atoms with Crippen LogP contribution >= 0.6 is 15.9 Å². The van der Waals surface area contributed by atoms with Crippen molar-refractivity contribution in [1.82, 2.24) is 4.57 Å². The Morgan fingerprint density at radius 3 is 2.52 bits per heavy atom. The van der Waals surface area contributed by atoms with E-state index in [4.69, 9.17) is 0 Å². The molecule has 21 heavy (non-hydrogen) atoms. The second-order valence-electron chi connectivity index (χ2n) is 4.52. The molecule has 106 valence electrons. The number of aromatic nitrogens is 1. The van der Waals surface area contributed by atoms with Gasteiger partial charge in [-0.3, -0.25) is 9.36 Å². The van der Waals surface area contributed by atoms with Crippen LogP contribution in [-0.4, -0.2) is 14.8 Å². The van der Waals surface area contributed by atoms with Crippen LogP contribution in [0, 0.1) is 5.82 Å². The van der Waals surface area contributed by atoms with Crippen molar-refractivity contribution in [2.24, 2.45) is 0 Å². The van der Waals surface area contributed by atoms with E-state index in [9.17, 15) is 19.4 Å². The van der Waals surface area contributed by atoms with Crippen molar-refractivity contribution >= 4 is 26.7 Å². The van der Waals surface area contributed by atoms with Gasteiger partial charge in [0.25, 0.3) is 5.56 Å². The summed E-state index contributed by atoms with van der Waals surface area (Å²) in [4.78, 5) is 12.5. The zero-order valence-electron chi connectivity index (χ0n) is 10.5. The summed E-state index contributed by atoms with van der Waals surface area (Å²) >= 11 is 3.33. The first-order chi connectivity index (χ1) is 9.97. The molecule has 0 saturated carbocycles. The monoisotopic (exact) mass is 349 g/mol. The third-order valence-corrected chi connectivity index (χ3v) is 3.79. The Bertz CT molecular complexity index is 921. The average molecular weight is 350 g/mol. The molecular weight excluding hydrogens is 341 g/mol. The van der Waals surface area contributed by atoms with Gasteiger partial charge >= 0.3 is 0 Å². The summed E-state index contributed by atoms with van der Waals surface area (Å²) in [5.74, 6) is -1.23. The molecule has 0 saturated heterocycles. The highest BCUT2D eigenvalue weighted by molar-refractivity contribution is 9.10. The Balaban J connectivity index is 2.34. The molecule has 0 radical (unpaired) electrons. The molecule has 0 bridgehead atoms. The smallest absolute Gasteiger partial charge is 0.263 e. The standard InChI is InChI=1S/C15H9BrFNO3/c16-12-7-18(8-1-4-14(20)13(17)5-8)15(21)10-3-2-9(19)6-11(10)12/h1-7,19-20H. The average Bonchev–Trinajstić information content (AvgIpc) is 2.46. The summed E-state index contributed by atoms with van der Waals surface area (Å²) in [6.45, 7) is 0. The summed E-state index contributed by atoms with van der Waals surface area (Å²) in [7, 11) is 0. The van der Waals surface area contributed by atoms with Gasteiger partial charge in [-0.1, -0.05) is 0 Å². The lowest BCUT2D eigenvalue weighted by molar-refractivity contribution is 0.432. The molecule has 0 amide bonds. The number of phenolic OH excluding ortho intramolecular Hbond substituents is 2. The van der Waals surface area contributed by atoms with E-state index in [1.54, 1.807) is 0 Å². The van der Waals surface area contributed by atoms with E-state index >= 15 is 0 Å². The number of benzene rings is 2. The Labute approximate surface area is 126 Å². The summed E-state index contributed by atoms with van der Waals surface area (Å²) in [5, 5.41) is 19.7. The van der Waals surface area contributed by atoms with E-state index in [0.717, 1.165) is 6.07 Å². The number of pyridine rings is 1. The number of aromatic hydroxyl groups is 2. The molecule has 0 aliphatic carbocycles. The molecule has 4 nitrogen and oxygen atoms in total. The van der Waals surface area contributed by atoms with Gasteiger partial charge in [0, 0.05) is 27.5 Å². The first-order valence-electron chi connectivity index (χ1n) is 6.00. The Hall–Kier alpha value is -2.34. The van der Waals surface area contributed by atoms with E-state index in [1.165, 1.54) is 41.1 Å². The predicted molar refractivity (Wildman–Crippen MR) is 80.5 cm³/mol. The molecule has 0 unspecified atom stereocenters. The molecule has 0 fully saturated rings. The van der Waals surface area contributed by atoms with Crippen LogP contribution in [0.5, 0.6) is 11.5 Å². The maximum Gasteiger partial charge on any atom is 0.263 e. The zero-order valence-corrected chi connectivity index (χ0v) is 12.1. The molecule has 2 aromatic carbocycles. The van der Waals surface area contributed by atoms with Gasteiger partial charge in [-0.05, 0) is 46.3 Å². The van der Waals surface area contributed by atoms with Crippen molar-refractivity contribution < 1.29 is 14.6 Å². The predicted octanol–water partition coefficient (Wildman–Crippen LogP) is 3.30. The molecule has 3 aromatic rings. The number of nitrogens with zero attached hydrogens (tertiary/aromatic N) is 1. The molecular formula is C15H9BrFNO3. The van der Waals surface area contributed by atoms with Crippen molar-refractivity contribution in [1.29, 1.82) is 0 Å². The van der Waals surface area contributed by atoms with Crippen molar-refractivity contribution in [2.45, 2.75) is 0 Å². The summed E-state index contributed by atoms with van der Waals surface area (Å²) in [6, 6.07) is 8.10. The van der Waals surface area contributed by atoms with E-state index in [-0.39, 0.29) is 11.3 Å². The van der Waals surface area contributed by atoms with E-state index in [2.05, 4.69) is 15.9 Å². The number of phenols is 2. The molecule has 0 atom stereocenters. The Morgan fingerprint density at radius 1 is 1.05 bits per heavy atom. The summed E-state index contributed by atoms with van der Waals surface area (Å²) in [6.07, 6.45) is 1.50. The number of hydrogen-bond acceptors (Lipinski definition) is 3. The zero-order chi connectivity index (χ0) is 15.1. The van der Waals surface area contributed by atoms with Crippen LogP contribution < -0.4 is 5.56 Å². The molecule has 0 aliphatic heterocycles. The number of halogens is 2. The second-order valence-corrected chi connectivity index (χ2v) is 5.37. The SMILES string of the molecule is O=c1c2ccc(O)cc2c(Br)cn1-c1ccc(O)c(F)c1. The van der Waals surface area contributed by atoms with Crippen LogP contribution in [0.15, 0.2) is 51.9 Å². The number of hydrogen-bond donors (Lipinski definition) is 2. The largest absolute Gasteiger partial charge is 0.508 e. The fourth-order valence-electron chi connectivity index (χ4n) is 2.13. The maximum absolute atomic E-state index is 13.5. The minimum absolute atomic E-state index is 0.0519. The van der Waals surface area contributed by atoms with Crippen LogP contribution in [0.1, 0.15) is 0 Å². The van der Waals surface area contributed by atoms with E-state index in [0.29, 0.717) is 20.9 Å². The van der Waals surface area contributed by atoms with Gasteiger partial charge in [0.05, 0.1) is 5.69 Å². The second kappa shape index (κ2) is 4.89. The van der Waals surface area contributed by atoms with Crippen LogP contribution in [0.3, 0.4) is 0 Å². The maximum atomic E-state index is 13.5. The lowest BCUT2D eigenvalue weighted by Crippen LogP contribution is -2.18. The van der Waals surface area contributed by atoms with Gasteiger partial charge in [-0.25, -0.2) is 4.39 Å². The minimum atomic E-state index is -0.804. The molecule has 1 heterocycles. The van der Waals surface area contributed by atoms with Crippen LogP contribution in [-0.2, 0) is 0 Å². The fourth-order valence-corrected chi connectivity index (χ4v) is 2.66. The molecule has 0 spiro atoms. The Morgan fingerprint density at radius 2 is 1.81 bits per heavy atom. The number of rotatable bonds is 1. The minimum Gasteiger partial charge on any atom is -0.508 e. The summed E-state index contributed by atoms with van der Waals surface area (Å²) in [5.41, 5.74) is -0.0516. The van der Waals surface area contributed by atoms with Crippen molar-refractivity contribution in [2.75, 3.05) is 0 Å². The van der Waals surface area contributed by atoms with Crippen molar-refractivity contribution in [3.8, 4) is 17.2 Å². The van der Waals surface area contributed by atoms with E-state index < -0.39 is 11.6 Å². The van der Waals surface area contributed by atoms with Gasteiger partial charge in [0.15, 0.2) is 11.6 Å². The van der Waals surface area contributed by atoms with Crippen LogP contribution in [0.2, 0.25) is 0 Å². The first-order valence-corrected chi connectivity index (χ1v) is 6.79. The van der Waals surface area contributed by atoms with Gasteiger partial charge < -0.3 is 10.2 Å². The van der Waals surface area contributed by atoms with Crippen molar-refractivity contribution in [3.05, 3.63) is 63.2 Å². The highest BCUT2D eigenvalue weighted by Crippen LogP contribution is 2.26. The quantitative estimate of drug-likeness (QED) is 0.708.